The Morgan fingerprint density at radius 2 is 1.86 bits per heavy atom. The van der Waals surface area contributed by atoms with E-state index in [1.807, 2.05) is 24.3 Å². The standard InChI is InChI=1S/C16H16N2O4/c1-3-18-15(20)13(14(19)17-16(18)21)6-4-5-11-7-9-12(22-2)10-8-11/h4-10H,3H2,1-2H3,(H,17,19,21)/b5-4+,13-6+. The predicted molar refractivity (Wildman–Crippen MR) is 81.0 cm³/mol. The fraction of sp³-hybridized carbons (Fsp3) is 0.188. The molecule has 1 aromatic rings. The second kappa shape index (κ2) is 6.71. The van der Waals surface area contributed by atoms with Gasteiger partial charge in [-0.05, 0) is 30.7 Å². The molecule has 0 aliphatic carbocycles. The van der Waals surface area contributed by atoms with Crippen LogP contribution in [0.2, 0.25) is 0 Å². The molecular weight excluding hydrogens is 284 g/mol. The van der Waals surface area contributed by atoms with Crippen LogP contribution in [0.1, 0.15) is 12.5 Å². The van der Waals surface area contributed by atoms with Gasteiger partial charge in [0.15, 0.2) is 0 Å². The van der Waals surface area contributed by atoms with Gasteiger partial charge in [-0.1, -0.05) is 24.3 Å². The van der Waals surface area contributed by atoms with Gasteiger partial charge >= 0.3 is 6.03 Å². The number of benzene rings is 1. The highest BCUT2D eigenvalue weighted by molar-refractivity contribution is 6.28. The molecule has 0 bridgehead atoms. The van der Waals surface area contributed by atoms with Crippen LogP contribution in [0.5, 0.6) is 5.75 Å². The Balaban J connectivity index is 2.16. The molecule has 0 atom stereocenters. The van der Waals surface area contributed by atoms with E-state index in [-0.39, 0.29) is 12.1 Å². The zero-order valence-corrected chi connectivity index (χ0v) is 12.3. The van der Waals surface area contributed by atoms with Crippen molar-refractivity contribution in [1.82, 2.24) is 10.2 Å². The topological polar surface area (TPSA) is 75.7 Å². The van der Waals surface area contributed by atoms with Crippen LogP contribution >= 0.6 is 0 Å². The normalized spacial score (nSPS) is 17.3. The van der Waals surface area contributed by atoms with E-state index < -0.39 is 17.8 Å². The zero-order valence-electron chi connectivity index (χ0n) is 12.3. The van der Waals surface area contributed by atoms with Crippen molar-refractivity contribution < 1.29 is 19.1 Å². The van der Waals surface area contributed by atoms with Crippen LogP contribution in [0.25, 0.3) is 6.08 Å². The molecule has 2 rings (SSSR count). The summed E-state index contributed by atoms with van der Waals surface area (Å²) in [5.74, 6) is -0.524. The van der Waals surface area contributed by atoms with Crippen LogP contribution in [-0.2, 0) is 9.59 Å². The van der Waals surface area contributed by atoms with E-state index in [0.717, 1.165) is 16.2 Å². The number of nitrogens with zero attached hydrogens (tertiary/aromatic N) is 1. The number of urea groups is 1. The van der Waals surface area contributed by atoms with E-state index in [0.29, 0.717) is 0 Å². The zero-order chi connectivity index (χ0) is 16.1. The Kier molecular flexibility index (Phi) is 4.73. The summed E-state index contributed by atoms with van der Waals surface area (Å²) in [6, 6.07) is 6.62. The summed E-state index contributed by atoms with van der Waals surface area (Å²) in [5.41, 5.74) is 0.830. The number of hydrogen-bond donors (Lipinski definition) is 1. The first-order chi connectivity index (χ1) is 10.6. The minimum atomic E-state index is -0.686. The van der Waals surface area contributed by atoms with Crippen molar-refractivity contribution >= 4 is 23.9 Å². The highest BCUT2D eigenvalue weighted by Gasteiger charge is 2.34. The lowest BCUT2D eigenvalue weighted by Gasteiger charge is -2.24. The maximum absolute atomic E-state index is 12.0. The molecule has 1 saturated heterocycles. The van der Waals surface area contributed by atoms with Crippen LogP contribution < -0.4 is 10.1 Å². The Morgan fingerprint density at radius 3 is 2.45 bits per heavy atom. The minimum Gasteiger partial charge on any atom is -0.497 e. The highest BCUT2D eigenvalue weighted by atomic mass is 16.5. The van der Waals surface area contributed by atoms with E-state index in [9.17, 15) is 14.4 Å². The second-order valence-electron chi connectivity index (χ2n) is 4.52. The van der Waals surface area contributed by atoms with Crippen molar-refractivity contribution in [2.45, 2.75) is 6.92 Å². The Bertz CT molecular complexity index is 659. The Hall–Kier alpha value is -2.89. The number of hydrogen-bond acceptors (Lipinski definition) is 4. The maximum Gasteiger partial charge on any atom is 0.331 e. The van der Waals surface area contributed by atoms with E-state index in [1.54, 1.807) is 26.2 Å². The molecule has 6 nitrogen and oxygen atoms in total. The third-order valence-electron chi connectivity index (χ3n) is 3.17. The molecule has 4 amide bonds. The van der Waals surface area contributed by atoms with Gasteiger partial charge in [0.1, 0.15) is 11.3 Å². The number of likely N-dealkylation sites (N-methyl/N-ethyl adjacent to an activating group) is 1. The van der Waals surface area contributed by atoms with Gasteiger partial charge < -0.3 is 4.74 Å². The highest BCUT2D eigenvalue weighted by Crippen LogP contribution is 2.13. The first kappa shape index (κ1) is 15.5. The summed E-state index contributed by atoms with van der Waals surface area (Å²) in [7, 11) is 1.59. The van der Waals surface area contributed by atoms with Crippen LogP contribution in [0.4, 0.5) is 4.79 Å². The monoisotopic (exact) mass is 300 g/mol. The quantitative estimate of drug-likeness (QED) is 0.679. The van der Waals surface area contributed by atoms with Crippen molar-refractivity contribution in [1.29, 1.82) is 0 Å². The number of rotatable bonds is 4. The summed E-state index contributed by atoms with van der Waals surface area (Å²) >= 11 is 0. The molecule has 1 aliphatic heterocycles. The molecule has 1 N–H and O–H groups in total. The fourth-order valence-corrected chi connectivity index (χ4v) is 1.97. The van der Waals surface area contributed by atoms with Gasteiger partial charge in [-0.2, -0.15) is 0 Å². The van der Waals surface area contributed by atoms with E-state index in [2.05, 4.69) is 5.32 Å². The number of methoxy groups -OCH3 is 1. The predicted octanol–water partition coefficient (Wildman–Crippen LogP) is 1.73. The van der Waals surface area contributed by atoms with E-state index >= 15 is 0 Å². The summed E-state index contributed by atoms with van der Waals surface area (Å²) < 4.78 is 5.06. The minimum absolute atomic E-state index is 0.0637. The summed E-state index contributed by atoms with van der Waals surface area (Å²) in [4.78, 5) is 36.2. The van der Waals surface area contributed by atoms with Crippen LogP contribution in [-0.4, -0.2) is 36.4 Å². The molecule has 0 unspecified atom stereocenters. The lowest BCUT2D eigenvalue weighted by atomic mass is 10.1. The van der Waals surface area contributed by atoms with Crippen molar-refractivity contribution in [3.8, 4) is 5.75 Å². The average Bonchev–Trinajstić information content (AvgIpc) is 2.51. The number of imide groups is 2. The number of nitrogens with one attached hydrogen (secondary N) is 1. The number of carbonyl (C=O) groups is 3. The maximum atomic E-state index is 12.0. The van der Waals surface area contributed by atoms with Crippen molar-refractivity contribution in [3.63, 3.8) is 0 Å². The SMILES string of the molecule is CCN1C(=O)NC(=O)/C(=C\C=C\c2ccc(OC)cc2)C1=O. The fourth-order valence-electron chi connectivity index (χ4n) is 1.97. The van der Waals surface area contributed by atoms with Crippen molar-refractivity contribution in [3.05, 3.63) is 47.6 Å². The average molecular weight is 300 g/mol. The molecule has 0 aromatic heterocycles. The van der Waals surface area contributed by atoms with Gasteiger partial charge in [-0.3, -0.25) is 19.8 Å². The summed E-state index contributed by atoms with van der Waals surface area (Å²) in [6.45, 7) is 1.87. The number of barbiturate groups is 1. The molecule has 1 aliphatic rings. The van der Waals surface area contributed by atoms with Gasteiger partial charge in [-0.25, -0.2) is 4.79 Å². The molecule has 1 fully saturated rings. The number of allylic oxidation sites excluding steroid dienone is 2. The summed E-state index contributed by atoms with van der Waals surface area (Å²) in [5, 5.41) is 2.13. The van der Waals surface area contributed by atoms with Gasteiger partial charge in [0.2, 0.25) is 0 Å². The van der Waals surface area contributed by atoms with Crippen molar-refractivity contribution in [2.75, 3.05) is 13.7 Å². The second-order valence-corrected chi connectivity index (χ2v) is 4.52. The molecule has 1 heterocycles. The Morgan fingerprint density at radius 1 is 1.18 bits per heavy atom. The summed E-state index contributed by atoms with van der Waals surface area (Å²) in [6.07, 6.45) is 4.75. The molecular formula is C16H16N2O4. The smallest absolute Gasteiger partial charge is 0.331 e. The Labute approximate surface area is 128 Å². The molecule has 114 valence electrons. The van der Waals surface area contributed by atoms with Crippen LogP contribution in [0, 0.1) is 0 Å². The van der Waals surface area contributed by atoms with Crippen LogP contribution in [0.15, 0.2) is 42.0 Å². The van der Waals surface area contributed by atoms with Crippen molar-refractivity contribution in [2.24, 2.45) is 0 Å². The third-order valence-corrected chi connectivity index (χ3v) is 3.17. The third kappa shape index (κ3) is 3.22. The lowest BCUT2D eigenvalue weighted by Crippen LogP contribution is -2.53. The van der Waals surface area contributed by atoms with Gasteiger partial charge in [0, 0.05) is 6.54 Å². The molecule has 0 spiro atoms. The number of amides is 4. The molecule has 22 heavy (non-hydrogen) atoms. The van der Waals surface area contributed by atoms with E-state index in [4.69, 9.17) is 4.74 Å². The molecule has 0 saturated carbocycles. The van der Waals surface area contributed by atoms with Crippen LogP contribution in [0.3, 0.4) is 0 Å². The number of carbonyl (C=O) groups excluding carboxylic acids is 3. The first-order valence-corrected chi connectivity index (χ1v) is 6.76. The largest absolute Gasteiger partial charge is 0.497 e. The molecule has 1 aromatic carbocycles. The van der Waals surface area contributed by atoms with Gasteiger partial charge in [-0.15, -0.1) is 0 Å². The van der Waals surface area contributed by atoms with Gasteiger partial charge in [0.05, 0.1) is 7.11 Å². The molecule has 6 heteroatoms. The first-order valence-electron chi connectivity index (χ1n) is 6.76. The van der Waals surface area contributed by atoms with E-state index in [1.165, 1.54) is 6.08 Å². The number of ether oxygens (including phenoxy) is 1. The lowest BCUT2D eigenvalue weighted by molar-refractivity contribution is -0.130. The molecule has 0 radical (unpaired) electrons. The van der Waals surface area contributed by atoms with Gasteiger partial charge in [0.25, 0.3) is 11.8 Å².